The lowest BCUT2D eigenvalue weighted by molar-refractivity contribution is -0.0647. The van der Waals surface area contributed by atoms with Gasteiger partial charge in [-0.2, -0.15) is 0 Å². The van der Waals surface area contributed by atoms with Gasteiger partial charge in [-0.3, -0.25) is 4.90 Å². The second kappa shape index (κ2) is 10.8. The molecule has 1 aromatic heterocycles. The molecule has 3 aromatic rings. The van der Waals surface area contributed by atoms with Crippen molar-refractivity contribution in [2.75, 3.05) is 39.5 Å². The summed E-state index contributed by atoms with van der Waals surface area (Å²) < 4.78 is 32.7. The van der Waals surface area contributed by atoms with Crippen LogP contribution in [0.5, 0.6) is 11.5 Å². The summed E-state index contributed by atoms with van der Waals surface area (Å²) in [6, 6.07) is 13.9. The number of rotatable bonds is 9. The molecule has 1 atom stereocenters. The zero-order chi connectivity index (χ0) is 23.1. The van der Waals surface area contributed by atoms with Crippen LogP contribution in [-0.2, 0) is 17.8 Å². The zero-order valence-corrected chi connectivity index (χ0v) is 18.8. The number of benzene rings is 2. The smallest absolute Gasteiger partial charge is 0.134 e. The van der Waals surface area contributed by atoms with Crippen molar-refractivity contribution in [2.45, 2.75) is 25.6 Å². The minimum atomic E-state index is -1.19. The van der Waals surface area contributed by atoms with Crippen LogP contribution in [0, 0.1) is 12.7 Å². The molecule has 1 aliphatic rings. The molecule has 176 valence electrons. The van der Waals surface area contributed by atoms with E-state index in [1.54, 1.807) is 18.3 Å². The summed E-state index contributed by atoms with van der Waals surface area (Å²) >= 11 is 0. The molecular formula is C25H30FN3O4. The molecule has 1 unspecified atom stereocenters. The van der Waals surface area contributed by atoms with Crippen LogP contribution in [0.3, 0.4) is 0 Å². The van der Waals surface area contributed by atoms with Crippen molar-refractivity contribution >= 4 is 0 Å². The van der Waals surface area contributed by atoms with Crippen molar-refractivity contribution in [3.8, 4) is 11.5 Å². The first-order chi connectivity index (χ1) is 16.0. The molecule has 33 heavy (non-hydrogen) atoms. The Bertz CT molecular complexity index is 1040. The van der Waals surface area contributed by atoms with Gasteiger partial charge in [-0.1, -0.05) is 18.2 Å². The van der Waals surface area contributed by atoms with E-state index < -0.39 is 5.60 Å². The minimum Gasteiger partial charge on any atom is -0.492 e. The summed E-state index contributed by atoms with van der Waals surface area (Å²) in [6.07, 6.45) is 3.72. The van der Waals surface area contributed by atoms with E-state index in [2.05, 4.69) is 9.88 Å². The summed E-state index contributed by atoms with van der Waals surface area (Å²) in [6.45, 7) is 5.66. The Hall–Kier alpha value is -2.94. The fourth-order valence-electron chi connectivity index (χ4n) is 3.89. The van der Waals surface area contributed by atoms with Gasteiger partial charge in [0.05, 0.1) is 19.8 Å². The average molecular weight is 456 g/mol. The molecule has 4 rings (SSSR count). The van der Waals surface area contributed by atoms with Crippen LogP contribution in [-0.4, -0.2) is 64.7 Å². The monoisotopic (exact) mass is 455 g/mol. The van der Waals surface area contributed by atoms with E-state index in [0.29, 0.717) is 38.6 Å². The van der Waals surface area contributed by atoms with Crippen molar-refractivity contribution in [2.24, 2.45) is 0 Å². The van der Waals surface area contributed by atoms with E-state index in [4.69, 9.17) is 14.2 Å². The van der Waals surface area contributed by atoms with E-state index in [9.17, 15) is 9.50 Å². The lowest BCUT2D eigenvalue weighted by atomic mass is 10.1. The maximum atomic E-state index is 13.4. The van der Waals surface area contributed by atoms with Gasteiger partial charge >= 0.3 is 0 Å². The molecule has 0 radical (unpaired) electrons. The van der Waals surface area contributed by atoms with Crippen LogP contribution in [0.25, 0.3) is 0 Å². The highest BCUT2D eigenvalue weighted by Crippen LogP contribution is 2.20. The number of imidazole rings is 1. The van der Waals surface area contributed by atoms with Gasteiger partial charge in [-0.25, -0.2) is 9.37 Å². The predicted octanol–water partition coefficient (Wildman–Crippen LogP) is 3.05. The fraction of sp³-hybridized carbons (Fsp3) is 0.400. The SMILES string of the molecule is Cc1nccn1CCOc1cccc(CN2CCOCC(O)(COc3cccc(F)c3)C2)c1. The van der Waals surface area contributed by atoms with Crippen LogP contribution in [0.1, 0.15) is 11.4 Å². The molecule has 2 aromatic carbocycles. The quantitative estimate of drug-likeness (QED) is 0.535. The number of nitrogens with zero attached hydrogens (tertiary/aromatic N) is 3. The standard InChI is InChI=1S/C25H30FN3O4/c1-20-27-8-9-29(20)11-13-32-23-6-2-4-21(14-23)16-28-10-12-31-18-25(30,17-28)19-33-24-7-3-5-22(26)15-24/h2-9,14-15,30H,10-13,16-19H2,1H3. The number of halogens is 1. The van der Waals surface area contributed by atoms with Crippen LogP contribution >= 0.6 is 0 Å². The topological polar surface area (TPSA) is 69.0 Å². The Morgan fingerprint density at radius 3 is 2.76 bits per heavy atom. The van der Waals surface area contributed by atoms with E-state index >= 15 is 0 Å². The maximum Gasteiger partial charge on any atom is 0.134 e. The second-order valence-corrected chi connectivity index (χ2v) is 8.40. The Morgan fingerprint density at radius 2 is 1.97 bits per heavy atom. The summed E-state index contributed by atoms with van der Waals surface area (Å²) in [5, 5.41) is 11.1. The number of β-amino-alcohol motifs (C(OH)–C–C–N with tert-alkyl or cyclic N) is 1. The van der Waals surface area contributed by atoms with Crippen molar-refractivity contribution < 1.29 is 23.7 Å². The highest BCUT2D eigenvalue weighted by atomic mass is 19.1. The molecule has 0 saturated carbocycles. The Balaban J connectivity index is 1.32. The number of aromatic nitrogens is 2. The van der Waals surface area contributed by atoms with E-state index in [0.717, 1.165) is 23.7 Å². The Labute approximate surface area is 193 Å². The van der Waals surface area contributed by atoms with Gasteiger partial charge < -0.3 is 23.9 Å². The van der Waals surface area contributed by atoms with Crippen molar-refractivity contribution in [1.82, 2.24) is 14.5 Å². The van der Waals surface area contributed by atoms with E-state index in [1.165, 1.54) is 12.1 Å². The Morgan fingerprint density at radius 1 is 1.15 bits per heavy atom. The average Bonchev–Trinajstić information content (AvgIpc) is 3.10. The summed E-state index contributed by atoms with van der Waals surface area (Å²) in [7, 11) is 0. The third kappa shape index (κ3) is 6.77. The zero-order valence-electron chi connectivity index (χ0n) is 18.8. The molecule has 1 aliphatic heterocycles. The third-order valence-corrected chi connectivity index (χ3v) is 5.57. The first-order valence-corrected chi connectivity index (χ1v) is 11.1. The van der Waals surface area contributed by atoms with Gasteiger partial charge in [0.25, 0.3) is 0 Å². The number of aryl methyl sites for hydroxylation is 1. The largest absolute Gasteiger partial charge is 0.492 e. The second-order valence-electron chi connectivity index (χ2n) is 8.40. The van der Waals surface area contributed by atoms with E-state index in [1.807, 2.05) is 42.0 Å². The maximum absolute atomic E-state index is 13.4. The number of hydrogen-bond donors (Lipinski definition) is 1. The molecule has 0 amide bonds. The van der Waals surface area contributed by atoms with Gasteiger partial charge in [-0.05, 0) is 36.8 Å². The lowest BCUT2D eigenvalue weighted by Gasteiger charge is -2.30. The molecule has 0 bridgehead atoms. The minimum absolute atomic E-state index is 0.0176. The van der Waals surface area contributed by atoms with Crippen LogP contribution in [0.15, 0.2) is 60.9 Å². The molecule has 0 aliphatic carbocycles. The molecule has 1 fully saturated rings. The molecule has 1 N–H and O–H groups in total. The van der Waals surface area contributed by atoms with Crippen LogP contribution < -0.4 is 9.47 Å². The van der Waals surface area contributed by atoms with Crippen molar-refractivity contribution in [3.63, 3.8) is 0 Å². The van der Waals surface area contributed by atoms with Crippen LogP contribution in [0.2, 0.25) is 0 Å². The molecule has 0 spiro atoms. The van der Waals surface area contributed by atoms with Gasteiger partial charge in [0.2, 0.25) is 0 Å². The van der Waals surface area contributed by atoms with Gasteiger partial charge in [0, 0.05) is 38.1 Å². The predicted molar refractivity (Wildman–Crippen MR) is 122 cm³/mol. The Kier molecular flexibility index (Phi) is 7.59. The highest BCUT2D eigenvalue weighted by Gasteiger charge is 2.33. The van der Waals surface area contributed by atoms with Gasteiger partial charge in [0.1, 0.15) is 42.0 Å². The molecule has 1 saturated heterocycles. The highest BCUT2D eigenvalue weighted by molar-refractivity contribution is 5.28. The van der Waals surface area contributed by atoms with E-state index in [-0.39, 0.29) is 19.0 Å². The molecule has 8 heteroatoms. The number of aliphatic hydroxyl groups is 1. The molecule has 2 heterocycles. The number of ether oxygens (including phenoxy) is 3. The summed E-state index contributed by atoms with van der Waals surface area (Å²) in [5.74, 6) is 1.78. The number of hydrogen-bond acceptors (Lipinski definition) is 6. The van der Waals surface area contributed by atoms with Crippen molar-refractivity contribution in [1.29, 1.82) is 0 Å². The summed E-state index contributed by atoms with van der Waals surface area (Å²) in [4.78, 5) is 6.36. The normalized spacial score (nSPS) is 19.2. The first kappa shape index (κ1) is 23.2. The summed E-state index contributed by atoms with van der Waals surface area (Å²) in [5.41, 5.74) is -0.110. The van der Waals surface area contributed by atoms with Gasteiger partial charge in [0.15, 0.2) is 0 Å². The fourth-order valence-corrected chi connectivity index (χ4v) is 3.89. The lowest BCUT2D eigenvalue weighted by Crippen LogP contribution is -2.48. The first-order valence-electron chi connectivity index (χ1n) is 11.1. The molecular weight excluding hydrogens is 425 g/mol. The van der Waals surface area contributed by atoms with Gasteiger partial charge in [-0.15, -0.1) is 0 Å². The molecule has 7 nitrogen and oxygen atoms in total. The van der Waals surface area contributed by atoms with Crippen LogP contribution in [0.4, 0.5) is 4.39 Å². The third-order valence-electron chi connectivity index (χ3n) is 5.57. The van der Waals surface area contributed by atoms with Crippen molar-refractivity contribution in [3.05, 3.63) is 78.1 Å².